The van der Waals surface area contributed by atoms with Crippen molar-refractivity contribution in [2.45, 2.75) is 13.5 Å². The van der Waals surface area contributed by atoms with Gasteiger partial charge < -0.3 is 15.2 Å². The Morgan fingerprint density at radius 1 is 1.11 bits per heavy atom. The Labute approximate surface area is 163 Å². The molecule has 0 aromatic heterocycles. The van der Waals surface area contributed by atoms with Crippen LogP contribution in [-0.2, 0) is 20.9 Å². The van der Waals surface area contributed by atoms with Crippen molar-refractivity contribution in [1.29, 1.82) is 5.26 Å². The van der Waals surface area contributed by atoms with Crippen LogP contribution in [-0.4, -0.2) is 18.4 Å². The van der Waals surface area contributed by atoms with E-state index in [-0.39, 0.29) is 11.3 Å². The number of nitriles is 1. The molecule has 2 aromatic carbocycles. The number of nitrogens with two attached hydrogens (primary N) is 1. The van der Waals surface area contributed by atoms with Crippen LogP contribution in [0, 0.1) is 11.3 Å². The molecule has 0 aliphatic heterocycles. The Balaban J connectivity index is 1.83. The van der Waals surface area contributed by atoms with E-state index in [1.807, 2.05) is 30.3 Å². The summed E-state index contributed by atoms with van der Waals surface area (Å²) in [6, 6.07) is 18.7. The summed E-state index contributed by atoms with van der Waals surface area (Å²) in [7, 11) is 0. The van der Waals surface area contributed by atoms with Crippen molar-refractivity contribution in [1.82, 2.24) is 0 Å². The summed E-state index contributed by atoms with van der Waals surface area (Å²) >= 11 is 0. The Hall–Kier alpha value is -3.85. The second-order valence-electron chi connectivity index (χ2n) is 5.88. The quantitative estimate of drug-likeness (QED) is 0.431. The summed E-state index contributed by atoms with van der Waals surface area (Å²) in [5.74, 6) is -0.615. The topological polar surface area (TPSA) is 102 Å². The number of carbonyl (C=O) groups excluding carboxylic acids is 2. The molecule has 0 radical (unpaired) electrons. The van der Waals surface area contributed by atoms with E-state index in [2.05, 4.69) is 0 Å². The van der Waals surface area contributed by atoms with E-state index < -0.39 is 18.4 Å². The van der Waals surface area contributed by atoms with Gasteiger partial charge in [0.05, 0.1) is 0 Å². The Morgan fingerprint density at radius 3 is 2.39 bits per heavy atom. The van der Waals surface area contributed by atoms with E-state index in [0.29, 0.717) is 12.4 Å². The molecule has 6 nitrogen and oxygen atoms in total. The second-order valence-corrected chi connectivity index (χ2v) is 5.88. The number of esters is 1. The number of nitrogens with zero attached hydrogens (tertiary/aromatic N) is 1. The summed E-state index contributed by atoms with van der Waals surface area (Å²) in [6.45, 7) is 1.37. The Bertz CT molecular complexity index is 919. The molecule has 0 spiro atoms. The van der Waals surface area contributed by atoms with E-state index in [4.69, 9.17) is 20.5 Å². The molecule has 28 heavy (non-hydrogen) atoms. The van der Waals surface area contributed by atoms with Crippen LogP contribution in [0.25, 0.3) is 6.08 Å². The van der Waals surface area contributed by atoms with Crippen LogP contribution in [0.3, 0.4) is 0 Å². The van der Waals surface area contributed by atoms with Gasteiger partial charge in [0.15, 0.2) is 6.61 Å². The average molecular weight is 376 g/mol. The zero-order chi connectivity index (χ0) is 20.4. The fourth-order valence-electron chi connectivity index (χ4n) is 2.21. The predicted octanol–water partition coefficient (Wildman–Crippen LogP) is 3.15. The molecule has 0 amide bonds. The lowest BCUT2D eigenvalue weighted by atomic mass is 10.1. The van der Waals surface area contributed by atoms with Gasteiger partial charge >= 0.3 is 5.97 Å². The summed E-state index contributed by atoms with van der Waals surface area (Å²) in [5, 5.41) is 8.84. The van der Waals surface area contributed by atoms with Gasteiger partial charge in [-0.15, -0.1) is 0 Å². The minimum absolute atomic E-state index is 0.0914. The van der Waals surface area contributed by atoms with Gasteiger partial charge in [0.2, 0.25) is 5.78 Å². The standard InChI is InChI=1S/C22H20N2O4/c1-16(24)20(13-23)21(25)15-28-22(26)12-9-17-7-10-19(11-8-17)27-14-18-5-3-2-4-6-18/h2-12H,14-15,24H2,1H3/b12-9+,20-16-. The van der Waals surface area contributed by atoms with Crippen molar-refractivity contribution >= 4 is 17.8 Å². The monoisotopic (exact) mass is 376 g/mol. The van der Waals surface area contributed by atoms with Crippen molar-refractivity contribution in [2.24, 2.45) is 5.73 Å². The SMILES string of the molecule is C/C(N)=C(\C#N)C(=O)COC(=O)/C=C/c1ccc(OCc2ccccc2)cc1. The molecule has 0 unspecified atom stereocenters. The summed E-state index contributed by atoms with van der Waals surface area (Å²) in [6.07, 6.45) is 2.77. The molecule has 0 fully saturated rings. The third-order valence-corrected chi connectivity index (χ3v) is 3.67. The van der Waals surface area contributed by atoms with Gasteiger partial charge in [0, 0.05) is 11.8 Å². The van der Waals surface area contributed by atoms with E-state index >= 15 is 0 Å². The van der Waals surface area contributed by atoms with Crippen LogP contribution in [0.5, 0.6) is 5.75 Å². The van der Waals surface area contributed by atoms with Crippen LogP contribution >= 0.6 is 0 Å². The zero-order valence-electron chi connectivity index (χ0n) is 15.4. The van der Waals surface area contributed by atoms with Crippen molar-refractivity contribution in [3.63, 3.8) is 0 Å². The van der Waals surface area contributed by atoms with E-state index in [1.54, 1.807) is 36.4 Å². The number of hydrogen-bond acceptors (Lipinski definition) is 6. The lowest BCUT2D eigenvalue weighted by Crippen LogP contribution is -2.16. The first kappa shape index (κ1) is 20.5. The average Bonchev–Trinajstić information content (AvgIpc) is 2.71. The molecular formula is C22H20N2O4. The first-order valence-corrected chi connectivity index (χ1v) is 8.51. The first-order valence-electron chi connectivity index (χ1n) is 8.51. The molecule has 2 N–H and O–H groups in total. The third-order valence-electron chi connectivity index (χ3n) is 3.67. The summed E-state index contributed by atoms with van der Waals surface area (Å²) in [4.78, 5) is 23.4. The van der Waals surface area contributed by atoms with Crippen LogP contribution < -0.4 is 10.5 Å². The molecule has 142 valence electrons. The normalized spacial score (nSPS) is 11.4. The molecule has 2 rings (SSSR count). The Morgan fingerprint density at radius 2 is 1.79 bits per heavy atom. The number of rotatable bonds is 8. The van der Waals surface area contributed by atoms with Crippen LogP contribution in [0.1, 0.15) is 18.1 Å². The van der Waals surface area contributed by atoms with Crippen molar-refractivity contribution in [3.8, 4) is 11.8 Å². The van der Waals surface area contributed by atoms with E-state index in [9.17, 15) is 9.59 Å². The maximum atomic E-state index is 11.7. The van der Waals surface area contributed by atoms with Crippen molar-refractivity contribution < 1.29 is 19.1 Å². The Kier molecular flexibility index (Phi) is 7.55. The van der Waals surface area contributed by atoms with E-state index in [0.717, 1.165) is 11.1 Å². The molecule has 6 heteroatoms. The number of benzene rings is 2. The first-order chi connectivity index (χ1) is 13.5. The molecule has 0 bridgehead atoms. The predicted molar refractivity (Wildman–Crippen MR) is 105 cm³/mol. The van der Waals surface area contributed by atoms with E-state index in [1.165, 1.54) is 13.0 Å². The summed E-state index contributed by atoms with van der Waals surface area (Å²) in [5.41, 5.74) is 7.15. The number of ketones is 1. The lowest BCUT2D eigenvalue weighted by molar-refractivity contribution is -0.141. The molecular weight excluding hydrogens is 356 g/mol. The smallest absolute Gasteiger partial charge is 0.331 e. The van der Waals surface area contributed by atoms with Gasteiger partial charge in [-0.3, -0.25) is 4.79 Å². The third kappa shape index (κ3) is 6.46. The number of allylic oxidation sites excluding steroid dienone is 1. The number of Topliss-reactive ketones (excluding diaryl/α,β-unsaturated/α-hetero) is 1. The zero-order valence-corrected chi connectivity index (χ0v) is 15.4. The number of ether oxygens (including phenoxy) is 2. The lowest BCUT2D eigenvalue weighted by Gasteiger charge is -2.06. The van der Waals surface area contributed by atoms with Crippen LogP contribution in [0.2, 0.25) is 0 Å². The number of carbonyl (C=O) groups is 2. The molecule has 0 atom stereocenters. The molecule has 2 aromatic rings. The second kappa shape index (κ2) is 10.3. The van der Waals surface area contributed by atoms with Gasteiger partial charge in [-0.2, -0.15) is 5.26 Å². The fourth-order valence-corrected chi connectivity index (χ4v) is 2.21. The highest BCUT2D eigenvalue weighted by Crippen LogP contribution is 2.15. The minimum Gasteiger partial charge on any atom is -0.489 e. The molecule has 0 aliphatic rings. The van der Waals surface area contributed by atoms with Crippen molar-refractivity contribution in [2.75, 3.05) is 6.61 Å². The highest BCUT2D eigenvalue weighted by atomic mass is 16.5. The van der Waals surface area contributed by atoms with Gasteiger partial charge in [-0.25, -0.2) is 4.79 Å². The van der Waals surface area contributed by atoms with Gasteiger partial charge in [-0.05, 0) is 36.3 Å². The maximum absolute atomic E-state index is 11.7. The van der Waals surface area contributed by atoms with Crippen LogP contribution in [0.15, 0.2) is 71.9 Å². The largest absolute Gasteiger partial charge is 0.489 e. The molecule has 0 heterocycles. The molecule has 0 saturated heterocycles. The van der Waals surface area contributed by atoms with Crippen molar-refractivity contribution in [3.05, 3.63) is 83.1 Å². The van der Waals surface area contributed by atoms with Gasteiger partial charge in [-0.1, -0.05) is 42.5 Å². The maximum Gasteiger partial charge on any atom is 0.331 e. The minimum atomic E-state index is -0.690. The molecule has 0 aliphatic carbocycles. The fraction of sp³-hybridized carbons (Fsp3) is 0.136. The molecule has 0 saturated carbocycles. The highest BCUT2D eigenvalue weighted by molar-refractivity contribution is 6.01. The number of hydrogen-bond donors (Lipinski definition) is 1. The van der Waals surface area contributed by atoms with Gasteiger partial charge in [0.25, 0.3) is 0 Å². The van der Waals surface area contributed by atoms with Crippen LogP contribution in [0.4, 0.5) is 0 Å². The summed E-state index contributed by atoms with van der Waals surface area (Å²) < 4.78 is 10.5. The van der Waals surface area contributed by atoms with Gasteiger partial charge in [0.1, 0.15) is 24.0 Å². The highest BCUT2D eigenvalue weighted by Gasteiger charge is 2.13.